The second-order valence-corrected chi connectivity index (χ2v) is 2.78. The summed E-state index contributed by atoms with van der Waals surface area (Å²) in [7, 11) is 0. The van der Waals surface area contributed by atoms with E-state index in [1.54, 1.807) is 10.7 Å². The van der Waals surface area contributed by atoms with E-state index in [1.807, 2.05) is 6.20 Å². The molecule has 0 saturated heterocycles. The van der Waals surface area contributed by atoms with E-state index in [0.29, 0.717) is 12.2 Å². The molecule has 0 radical (unpaired) electrons. The molecule has 0 aliphatic heterocycles. The molecule has 4 N–H and O–H groups in total. The standard InChI is InChI=1S/C7H8N4O.CH3NO2/c12-2-1-6-3-8-7-9-5-10-11(7)4-6;2-1(3)4/h3-5,12H,1-2H2;2H2,(H,3,4). The van der Waals surface area contributed by atoms with Crippen LogP contribution in [0.25, 0.3) is 5.78 Å². The maximum Gasteiger partial charge on any atom is 0.402 e. The maximum atomic E-state index is 8.78. The lowest BCUT2D eigenvalue weighted by Crippen LogP contribution is -2.03. The summed E-state index contributed by atoms with van der Waals surface area (Å²) < 4.78 is 1.59. The summed E-state index contributed by atoms with van der Waals surface area (Å²) in [5, 5.41) is 19.8. The number of aliphatic hydroxyl groups is 1. The second-order valence-electron chi connectivity index (χ2n) is 2.78. The van der Waals surface area contributed by atoms with E-state index >= 15 is 0 Å². The van der Waals surface area contributed by atoms with Gasteiger partial charge in [-0.1, -0.05) is 0 Å². The fourth-order valence-corrected chi connectivity index (χ4v) is 1.02. The SMILES string of the molecule is NC(=O)O.OCCc1cnc2ncnn2c1. The van der Waals surface area contributed by atoms with Gasteiger partial charge in [0.1, 0.15) is 6.33 Å². The van der Waals surface area contributed by atoms with Crippen molar-refractivity contribution >= 4 is 11.9 Å². The van der Waals surface area contributed by atoms with E-state index in [4.69, 9.17) is 15.0 Å². The van der Waals surface area contributed by atoms with Crippen molar-refractivity contribution in [3.8, 4) is 0 Å². The molecular formula is C8H11N5O3. The highest BCUT2D eigenvalue weighted by molar-refractivity contribution is 5.61. The summed E-state index contributed by atoms with van der Waals surface area (Å²) in [5.41, 5.74) is 4.98. The molecule has 2 aromatic rings. The van der Waals surface area contributed by atoms with Crippen LogP contribution in [0.15, 0.2) is 18.7 Å². The lowest BCUT2D eigenvalue weighted by Gasteiger charge is -1.96. The van der Waals surface area contributed by atoms with Gasteiger partial charge >= 0.3 is 6.09 Å². The van der Waals surface area contributed by atoms with E-state index in [2.05, 4.69) is 20.8 Å². The average molecular weight is 225 g/mol. The normalized spacial score (nSPS) is 9.56. The van der Waals surface area contributed by atoms with Gasteiger partial charge in [-0.05, 0) is 12.0 Å². The van der Waals surface area contributed by atoms with Gasteiger partial charge in [0.25, 0.3) is 5.78 Å². The molecule has 0 unspecified atom stereocenters. The first-order valence-electron chi connectivity index (χ1n) is 4.37. The van der Waals surface area contributed by atoms with Crippen LogP contribution in [-0.4, -0.2) is 42.5 Å². The molecule has 1 amide bonds. The van der Waals surface area contributed by atoms with E-state index < -0.39 is 6.09 Å². The number of hydrogen-bond donors (Lipinski definition) is 3. The molecule has 0 spiro atoms. The molecule has 0 saturated carbocycles. The van der Waals surface area contributed by atoms with Gasteiger partial charge < -0.3 is 15.9 Å². The van der Waals surface area contributed by atoms with Crippen LogP contribution < -0.4 is 5.73 Å². The Kier molecular flexibility index (Phi) is 4.16. The number of amides is 1. The smallest absolute Gasteiger partial charge is 0.402 e. The van der Waals surface area contributed by atoms with Gasteiger partial charge in [-0.25, -0.2) is 14.3 Å². The second kappa shape index (κ2) is 5.61. The highest BCUT2D eigenvalue weighted by atomic mass is 16.4. The van der Waals surface area contributed by atoms with Gasteiger partial charge in [-0.2, -0.15) is 10.1 Å². The zero-order chi connectivity index (χ0) is 12.0. The van der Waals surface area contributed by atoms with Gasteiger partial charge in [-0.15, -0.1) is 0 Å². The van der Waals surface area contributed by atoms with Crippen molar-refractivity contribution in [2.45, 2.75) is 6.42 Å². The summed E-state index contributed by atoms with van der Waals surface area (Å²) in [6.07, 6.45) is 4.22. The fourth-order valence-electron chi connectivity index (χ4n) is 1.02. The Balaban J connectivity index is 0.000000280. The zero-order valence-corrected chi connectivity index (χ0v) is 8.32. The highest BCUT2D eigenvalue weighted by Gasteiger charge is 1.97. The molecule has 2 aromatic heterocycles. The van der Waals surface area contributed by atoms with Crippen molar-refractivity contribution in [1.82, 2.24) is 19.6 Å². The summed E-state index contributed by atoms with van der Waals surface area (Å²) in [5.74, 6) is 0.580. The van der Waals surface area contributed by atoms with Gasteiger partial charge in [-0.3, -0.25) is 0 Å². The minimum atomic E-state index is -1.33. The molecule has 8 heteroatoms. The van der Waals surface area contributed by atoms with Crippen molar-refractivity contribution in [2.75, 3.05) is 6.61 Å². The summed E-state index contributed by atoms with van der Waals surface area (Å²) >= 11 is 0. The molecular weight excluding hydrogens is 214 g/mol. The zero-order valence-electron chi connectivity index (χ0n) is 8.32. The third-order valence-corrected chi connectivity index (χ3v) is 1.59. The molecule has 8 nitrogen and oxygen atoms in total. The number of rotatable bonds is 2. The molecule has 0 atom stereocenters. The van der Waals surface area contributed by atoms with Crippen molar-refractivity contribution in [3.05, 3.63) is 24.3 Å². The predicted octanol–water partition coefficient (Wildman–Crippen LogP) is -0.718. The molecule has 0 fully saturated rings. The van der Waals surface area contributed by atoms with E-state index in [0.717, 1.165) is 5.56 Å². The average Bonchev–Trinajstić information content (AvgIpc) is 2.64. The fraction of sp³-hybridized carbons (Fsp3) is 0.250. The Morgan fingerprint density at radius 2 is 2.19 bits per heavy atom. The van der Waals surface area contributed by atoms with Crippen molar-refractivity contribution < 1.29 is 15.0 Å². The van der Waals surface area contributed by atoms with Gasteiger partial charge in [0.15, 0.2) is 0 Å². The molecule has 16 heavy (non-hydrogen) atoms. The Bertz CT molecular complexity index is 465. The molecule has 2 heterocycles. The molecule has 0 bridgehead atoms. The Labute approximate surface area is 90.4 Å². The van der Waals surface area contributed by atoms with E-state index in [1.165, 1.54) is 6.33 Å². The van der Waals surface area contributed by atoms with Crippen LogP contribution in [0.1, 0.15) is 5.56 Å². The van der Waals surface area contributed by atoms with Crippen molar-refractivity contribution in [3.63, 3.8) is 0 Å². The molecule has 0 aliphatic rings. The lowest BCUT2D eigenvalue weighted by atomic mass is 10.3. The van der Waals surface area contributed by atoms with Crippen LogP contribution in [0, 0.1) is 0 Å². The van der Waals surface area contributed by atoms with Gasteiger partial charge in [0.05, 0.1) is 0 Å². The Hall–Kier alpha value is -2.22. The van der Waals surface area contributed by atoms with Crippen LogP contribution in [0.5, 0.6) is 0 Å². The van der Waals surface area contributed by atoms with Gasteiger partial charge in [0, 0.05) is 19.0 Å². The first-order chi connectivity index (χ1) is 7.63. The number of carbonyl (C=O) groups is 1. The third kappa shape index (κ3) is 3.50. The number of fused-ring (bicyclic) bond motifs is 1. The minimum absolute atomic E-state index is 0.127. The number of carboxylic acid groups (broad SMARTS) is 1. The Morgan fingerprint density at radius 1 is 1.50 bits per heavy atom. The number of nitrogens with zero attached hydrogens (tertiary/aromatic N) is 4. The van der Waals surface area contributed by atoms with Crippen LogP contribution in [0.3, 0.4) is 0 Å². The van der Waals surface area contributed by atoms with E-state index in [9.17, 15) is 0 Å². The quantitative estimate of drug-likeness (QED) is 0.619. The summed E-state index contributed by atoms with van der Waals surface area (Å²) in [6, 6.07) is 0. The molecule has 0 aromatic carbocycles. The van der Waals surface area contributed by atoms with Crippen molar-refractivity contribution in [1.29, 1.82) is 0 Å². The lowest BCUT2D eigenvalue weighted by molar-refractivity contribution is 0.205. The first kappa shape index (κ1) is 11.9. The number of hydrogen-bond acceptors (Lipinski definition) is 5. The number of primary amides is 1. The summed E-state index contributed by atoms with van der Waals surface area (Å²) in [6.45, 7) is 0.127. The molecule has 0 aliphatic carbocycles. The van der Waals surface area contributed by atoms with Crippen LogP contribution >= 0.6 is 0 Å². The first-order valence-corrected chi connectivity index (χ1v) is 4.37. The number of nitrogens with two attached hydrogens (primary N) is 1. The largest absolute Gasteiger partial charge is 0.465 e. The monoisotopic (exact) mass is 225 g/mol. The van der Waals surface area contributed by atoms with Crippen LogP contribution in [0.2, 0.25) is 0 Å². The van der Waals surface area contributed by atoms with Gasteiger partial charge in [0.2, 0.25) is 0 Å². The van der Waals surface area contributed by atoms with Crippen LogP contribution in [-0.2, 0) is 6.42 Å². The maximum absolute atomic E-state index is 8.78. The predicted molar refractivity (Wildman–Crippen MR) is 53.8 cm³/mol. The summed E-state index contributed by atoms with van der Waals surface area (Å²) in [4.78, 5) is 16.7. The van der Waals surface area contributed by atoms with Crippen molar-refractivity contribution in [2.24, 2.45) is 5.73 Å². The topological polar surface area (TPSA) is 127 Å². The number of aromatic nitrogens is 4. The highest BCUT2D eigenvalue weighted by Crippen LogP contribution is 1.98. The third-order valence-electron chi connectivity index (χ3n) is 1.59. The Morgan fingerprint density at radius 3 is 2.81 bits per heavy atom. The molecule has 86 valence electrons. The van der Waals surface area contributed by atoms with Crippen LogP contribution in [0.4, 0.5) is 4.79 Å². The minimum Gasteiger partial charge on any atom is -0.465 e. The van der Waals surface area contributed by atoms with E-state index in [-0.39, 0.29) is 6.61 Å². The molecule has 2 rings (SSSR count). The number of aliphatic hydroxyl groups excluding tert-OH is 1.